The molecule has 0 saturated heterocycles. The first-order chi connectivity index (χ1) is 9.02. The molecule has 0 aliphatic heterocycles. The van der Waals surface area contributed by atoms with Crippen LogP contribution in [0.4, 0.5) is 0 Å². The molecule has 0 amide bonds. The summed E-state index contributed by atoms with van der Waals surface area (Å²) in [7, 11) is 0. The van der Waals surface area contributed by atoms with Crippen LogP contribution in [0.2, 0.25) is 5.02 Å². The zero-order valence-electron chi connectivity index (χ0n) is 10.6. The standard InChI is InChI=1S/C14H14Br2ClNS/c1-3-18-13(12-6-8(2)14(16)19-12)9-4-5-11(17)10(15)7-9/h4-7,13,18H,3H2,1-2H3. The lowest BCUT2D eigenvalue weighted by Crippen LogP contribution is -2.21. The van der Waals surface area contributed by atoms with E-state index in [0.29, 0.717) is 0 Å². The molecule has 5 heteroatoms. The van der Waals surface area contributed by atoms with Crippen LogP contribution < -0.4 is 5.32 Å². The van der Waals surface area contributed by atoms with Crippen molar-refractivity contribution in [3.05, 3.63) is 53.6 Å². The molecule has 1 unspecified atom stereocenters. The highest BCUT2D eigenvalue weighted by Crippen LogP contribution is 2.36. The van der Waals surface area contributed by atoms with E-state index in [4.69, 9.17) is 11.6 Å². The number of thiophene rings is 1. The molecule has 0 bridgehead atoms. The van der Waals surface area contributed by atoms with Crippen molar-refractivity contribution in [1.29, 1.82) is 0 Å². The van der Waals surface area contributed by atoms with Crippen molar-refractivity contribution in [2.24, 2.45) is 0 Å². The first-order valence-corrected chi connectivity index (χ1v) is 8.75. The van der Waals surface area contributed by atoms with Crippen LogP contribution >= 0.6 is 54.8 Å². The van der Waals surface area contributed by atoms with Crippen molar-refractivity contribution in [2.75, 3.05) is 6.54 Å². The van der Waals surface area contributed by atoms with E-state index in [0.717, 1.165) is 16.0 Å². The zero-order valence-corrected chi connectivity index (χ0v) is 15.4. The molecule has 1 atom stereocenters. The number of nitrogens with one attached hydrogen (secondary N) is 1. The Morgan fingerprint density at radius 2 is 2.05 bits per heavy atom. The topological polar surface area (TPSA) is 12.0 Å². The van der Waals surface area contributed by atoms with Crippen molar-refractivity contribution >= 4 is 54.8 Å². The van der Waals surface area contributed by atoms with Gasteiger partial charge in [-0.05, 0) is 74.7 Å². The van der Waals surface area contributed by atoms with Gasteiger partial charge in [-0.3, -0.25) is 0 Å². The van der Waals surface area contributed by atoms with Crippen LogP contribution in [0.1, 0.15) is 29.0 Å². The van der Waals surface area contributed by atoms with Crippen LogP contribution in [0.25, 0.3) is 0 Å². The third-order valence-corrected chi connectivity index (χ3v) is 6.26. The lowest BCUT2D eigenvalue weighted by molar-refractivity contribution is 0.639. The molecule has 0 fully saturated rings. The summed E-state index contributed by atoms with van der Waals surface area (Å²) >= 11 is 14.9. The van der Waals surface area contributed by atoms with Crippen LogP contribution in [-0.4, -0.2) is 6.54 Å². The van der Waals surface area contributed by atoms with Gasteiger partial charge in [-0.1, -0.05) is 24.6 Å². The normalized spacial score (nSPS) is 12.7. The fourth-order valence-electron chi connectivity index (χ4n) is 1.90. The van der Waals surface area contributed by atoms with Gasteiger partial charge in [0.1, 0.15) is 0 Å². The predicted molar refractivity (Wildman–Crippen MR) is 91.4 cm³/mol. The number of halogens is 3. The Morgan fingerprint density at radius 3 is 2.58 bits per heavy atom. The highest BCUT2D eigenvalue weighted by atomic mass is 79.9. The predicted octanol–water partition coefficient (Wildman–Crippen LogP) is 5.93. The fourth-order valence-corrected chi connectivity index (χ4v) is 4.09. The Morgan fingerprint density at radius 1 is 1.32 bits per heavy atom. The minimum Gasteiger partial charge on any atom is -0.306 e. The highest BCUT2D eigenvalue weighted by molar-refractivity contribution is 9.11. The zero-order chi connectivity index (χ0) is 14.0. The van der Waals surface area contributed by atoms with Gasteiger partial charge in [0, 0.05) is 9.35 Å². The van der Waals surface area contributed by atoms with E-state index in [2.05, 4.69) is 69.2 Å². The summed E-state index contributed by atoms with van der Waals surface area (Å²) in [5, 5.41) is 4.27. The van der Waals surface area contributed by atoms with Gasteiger partial charge in [-0.15, -0.1) is 11.3 Å². The van der Waals surface area contributed by atoms with E-state index < -0.39 is 0 Å². The maximum Gasteiger partial charge on any atom is 0.0731 e. The molecule has 1 aromatic carbocycles. The monoisotopic (exact) mass is 421 g/mol. The van der Waals surface area contributed by atoms with Crippen molar-refractivity contribution in [2.45, 2.75) is 19.9 Å². The number of rotatable bonds is 4. The van der Waals surface area contributed by atoms with E-state index in [1.165, 1.54) is 19.8 Å². The number of hydrogen-bond donors (Lipinski definition) is 1. The van der Waals surface area contributed by atoms with Crippen LogP contribution in [0.15, 0.2) is 32.5 Å². The largest absolute Gasteiger partial charge is 0.306 e. The summed E-state index contributed by atoms with van der Waals surface area (Å²) in [5.74, 6) is 0. The van der Waals surface area contributed by atoms with Gasteiger partial charge in [-0.25, -0.2) is 0 Å². The second-order valence-electron chi connectivity index (χ2n) is 4.27. The van der Waals surface area contributed by atoms with Crippen LogP contribution in [0.5, 0.6) is 0 Å². The first kappa shape index (κ1) is 15.5. The third-order valence-electron chi connectivity index (χ3n) is 2.85. The van der Waals surface area contributed by atoms with Crippen LogP contribution in [-0.2, 0) is 0 Å². The molecule has 1 N–H and O–H groups in total. The minimum atomic E-state index is 0.202. The SMILES string of the molecule is CCNC(c1ccc(Cl)c(Br)c1)c1cc(C)c(Br)s1. The summed E-state index contributed by atoms with van der Waals surface area (Å²) in [6.45, 7) is 5.15. The second kappa shape index (κ2) is 6.72. The van der Waals surface area contributed by atoms with Gasteiger partial charge in [0.25, 0.3) is 0 Å². The molecule has 0 saturated carbocycles. The first-order valence-electron chi connectivity index (χ1n) is 5.97. The Bertz CT molecular complexity index is 563. The molecule has 1 nitrogen and oxygen atoms in total. The summed E-state index contributed by atoms with van der Waals surface area (Å²) in [6.07, 6.45) is 0. The Hall–Kier alpha value is 0.130. The summed E-state index contributed by atoms with van der Waals surface area (Å²) in [5.41, 5.74) is 2.49. The fraction of sp³-hybridized carbons (Fsp3) is 0.286. The molecule has 2 rings (SSSR count). The van der Waals surface area contributed by atoms with E-state index >= 15 is 0 Å². The molecular formula is C14H14Br2ClNS. The van der Waals surface area contributed by atoms with Gasteiger partial charge < -0.3 is 5.32 Å². The molecule has 102 valence electrons. The van der Waals surface area contributed by atoms with Gasteiger partial charge >= 0.3 is 0 Å². The van der Waals surface area contributed by atoms with Crippen molar-refractivity contribution < 1.29 is 0 Å². The minimum absolute atomic E-state index is 0.202. The summed E-state index contributed by atoms with van der Waals surface area (Å²) in [4.78, 5) is 1.31. The van der Waals surface area contributed by atoms with Gasteiger partial charge in [0.15, 0.2) is 0 Å². The molecule has 0 aliphatic rings. The van der Waals surface area contributed by atoms with Crippen LogP contribution in [0, 0.1) is 6.92 Å². The molecular weight excluding hydrogens is 409 g/mol. The third kappa shape index (κ3) is 3.61. The Kier molecular flexibility index (Phi) is 5.49. The molecule has 0 aliphatic carbocycles. The Balaban J connectivity index is 2.41. The quantitative estimate of drug-likeness (QED) is 0.642. The molecule has 0 spiro atoms. The van der Waals surface area contributed by atoms with E-state index in [-0.39, 0.29) is 6.04 Å². The van der Waals surface area contributed by atoms with Gasteiger partial charge in [0.05, 0.1) is 14.9 Å². The van der Waals surface area contributed by atoms with Crippen molar-refractivity contribution in [3.8, 4) is 0 Å². The lowest BCUT2D eigenvalue weighted by Gasteiger charge is -2.17. The summed E-state index contributed by atoms with van der Waals surface area (Å²) < 4.78 is 2.13. The lowest BCUT2D eigenvalue weighted by atomic mass is 10.0. The maximum absolute atomic E-state index is 6.07. The van der Waals surface area contributed by atoms with Crippen LogP contribution in [0.3, 0.4) is 0 Å². The number of hydrogen-bond acceptors (Lipinski definition) is 2. The maximum atomic E-state index is 6.07. The van der Waals surface area contributed by atoms with Crippen molar-refractivity contribution in [3.63, 3.8) is 0 Å². The average Bonchev–Trinajstić information content (AvgIpc) is 2.70. The Labute approximate surface area is 139 Å². The van der Waals surface area contributed by atoms with Gasteiger partial charge in [0.2, 0.25) is 0 Å². The average molecular weight is 424 g/mol. The smallest absolute Gasteiger partial charge is 0.0731 e. The van der Waals surface area contributed by atoms with E-state index in [1.807, 2.05) is 6.07 Å². The molecule has 19 heavy (non-hydrogen) atoms. The number of benzene rings is 1. The molecule has 2 aromatic rings. The van der Waals surface area contributed by atoms with Crippen molar-refractivity contribution in [1.82, 2.24) is 5.32 Å². The molecule has 0 radical (unpaired) electrons. The number of aryl methyl sites for hydroxylation is 1. The summed E-state index contributed by atoms with van der Waals surface area (Å²) in [6, 6.07) is 8.52. The second-order valence-corrected chi connectivity index (χ2v) is 7.93. The van der Waals surface area contributed by atoms with E-state index in [1.54, 1.807) is 11.3 Å². The van der Waals surface area contributed by atoms with Gasteiger partial charge in [-0.2, -0.15) is 0 Å². The molecule has 1 heterocycles. The van der Waals surface area contributed by atoms with E-state index in [9.17, 15) is 0 Å². The highest BCUT2D eigenvalue weighted by Gasteiger charge is 2.17. The molecule has 1 aromatic heterocycles.